The van der Waals surface area contributed by atoms with Crippen molar-refractivity contribution < 1.29 is 23.5 Å². The first-order chi connectivity index (χ1) is 15.8. The van der Waals surface area contributed by atoms with E-state index >= 15 is 0 Å². The molecule has 1 aromatic heterocycles. The van der Waals surface area contributed by atoms with Gasteiger partial charge in [-0.3, -0.25) is 14.6 Å². The largest absolute Gasteiger partial charge is 0.462 e. The van der Waals surface area contributed by atoms with E-state index in [0.717, 1.165) is 0 Å². The minimum absolute atomic E-state index is 0.00484. The molecule has 0 spiro atoms. The standard InChI is InChI=1S/C23H19Cl2N3O5/c1-2-32-23(31)14-3-5-17(6-4-14)28-22(30)21(29)27-13-20-8-7-19(33-20)12-26-18-10-15(24)9-16(25)11-18/h3-12H,2,13H2,1H3,(H,27,29)(H,28,30). The highest BCUT2D eigenvalue weighted by Gasteiger charge is 2.15. The second-order valence-electron chi connectivity index (χ2n) is 6.62. The predicted octanol–water partition coefficient (Wildman–Crippen LogP) is 4.77. The first-order valence-corrected chi connectivity index (χ1v) is 10.5. The molecule has 2 amide bonds. The number of nitrogens with one attached hydrogen (secondary N) is 2. The lowest BCUT2D eigenvalue weighted by atomic mass is 10.2. The number of anilines is 1. The Hall–Kier alpha value is -3.62. The molecule has 10 heteroatoms. The van der Waals surface area contributed by atoms with E-state index in [1.54, 1.807) is 37.3 Å². The van der Waals surface area contributed by atoms with Crippen LogP contribution < -0.4 is 10.6 Å². The molecule has 170 valence electrons. The van der Waals surface area contributed by atoms with Crippen molar-refractivity contribution in [3.63, 3.8) is 0 Å². The van der Waals surface area contributed by atoms with E-state index in [4.69, 9.17) is 32.4 Å². The third kappa shape index (κ3) is 7.20. The monoisotopic (exact) mass is 487 g/mol. The van der Waals surface area contributed by atoms with Crippen molar-refractivity contribution in [3.8, 4) is 0 Å². The number of carbonyl (C=O) groups excluding carboxylic acids is 3. The van der Waals surface area contributed by atoms with Crippen molar-refractivity contribution in [1.82, 2.24) is 5.32 Å². The Bertz CT molecular complexity index is 1170. The van der Waals surface area contributed by atoms with Crippen LogP contribution >= 0.6 is 23.2 Å². The molecule has 0 saturated carbocycles. The highest BCUT2D eigenvalue weighted by Crippen LogP contribution is 2.24. The fraction of sp³-hybridized carbons (Fsp3) is 0.130. The quantitative estimate of drug-likeness (QED) is 0.283. The summed E-state index contributed by atoms with van der Waals surface area (Å²) < 4.78 is 10.5. The second-order valence-corrected chi connectivity index (χ2v) is 7.50. The number of rotatable bonds is 7. The van der Waals surface area contributed by atoms with Crippen molar-refractivity contribution in [3.05, 3.63) is 81.7 Å². The summed E-state index contributed by atoms with van der Waals surface area (Å²) >= 11 is 11.9. The van der Waals surface area contributed by atoms with Crippen LogP contribution in [0.15, 0.2) is 64.0 Å². The number of ether oxygens (including phenoxy) is 1. The van der Waals surface area contributed by atoms with Gasteiger partial charge >= 0.3 is 17.8 Å². The molecular formula is C23H19Cl2N3O5. The molecule has 0 bridgehead atoms. The van der Waals surface area contributed by atoms with E-state index in [9.17, 15) is 14.4 Å². The van der Waals surface area contributed by atoms with E-state index in [0.29, 0.717) is 38.5 Å². The average Bonchev–Trinajstić information content (AvgIpc) is 3.24. The summed E-state index contributed by atoms with van der Waals surface area (Å²) in [4.78, 5) is 40.0. The summed E-state index contributed by atoms with van der Waals surface area (Å²) in [6.07, 6.45) is 1.49. The molecule has 8 nitrogen and oxygen atoms in total. The zero-order valence-electron chi connectivity index (χ0n) is 17.4. The smallest absolute Gasteiger partial charge is 0.338 e. The summed E-state index contributed by atoms with van der Waals surface area (Å²) in [5.74, 6) is -1.29. The molecular weight excluding hydrogens is 469 g/mol. The number of amides is 2. The predicted molar refractivity (Wildman–Crippen MR) is 125 cm³/mol. The molecule has 3 aromatic rings. The second kappa shape index (κ2) is 11.3. The van der Waals surface area contributed by atoms with Crippen molar-refractivity contribution in [1.29, 1.82) is 0 Å². The maximum Gasteiger partial charge on any atom is 0.338 e. The fourth-order valence-corrected chi connectivity index (χ4v) is 3.16. The van der Waals surface area contributed by atoms with Gasteiger partial charge in [0.1, 0.15) is 11.5 Å². The summed E-state index contributed by atoms with van der Waals surface area (Å²) in [6.45, 7) is 1.97. The van der Waals surface area contributed by atoms with Gasteiger partial charge in [-0.25, -0.2) is 4.79 Å². The SMILES string of the molecule is CCOC(=O)c1ccc(NC(=O)C(=O)NCc2ccc(C=Nc3cc(Cl)cc(Cl)c3)o2)cc1. The van der Waals surface area contributed by atoms with Gasteiger partial charge in [0.2, 0.25) is 0 Å². The van der Waals surface area contributed by atoms with Crippen molar-refractivity contribution in [2.24, 2.45) is 4.99 Å². The van der Waals surface area contributed by atoms with Gasteiger partial charge < -0.3 is 19.8 Å². The van der Waals surface area contributed by atoms with Gasteiger partial charge in [-0.1, -0.05) is 23.2 Å². The lowest BCUT2D eigenvalue weighted by Gasteiger charge is -2.06. The molecule has 33 heavy (non-hydrogen) atoms. The van der Waals surface area contributed by atoms with Crippen LogP contribution in [-0.2, 0) is 20.9 Å². The summed E-state index contributed by atoms with van der Waals surface area (Å²) in [5, 5.41) is 5.85. The van der Waals surface area contributed by atoms with Gasteiger partial charge in [0, 0.05) is 15.7 Å². The zero-order chi connectivity index (χ0) is 23.8. The molecule has 0 radical (unpaired) electrons. The zero-order valence-corrected chi connectivity index (χ0v) is 18.9. The molecule has 0 aliphatic heterocycles. The van der Waals surface area contributed by atoms with E-state index in [1.807, 2.05) is 0 Å². The first kappa shape index (κ1) is 24.0. The lowest BCUT2D eigenvalue weighted by Crippen LogP contribution is -2.34. The van der Waals surface area contributed by atoms with Crippen LogP contribution in [0.5, 0.6) is 0 Å². The molecule has 0 unspecified atom stereocenters. The third-order valence-corrected chi connectivity index (χ3v) is 4.59. The number of nitrogens with zero attached hydrogens (tertiary/aromatic N) is 1. The Kier molecular flexibility index (Phi) is 8.23. The van der Waals surface area contributed by atoms with Crippen LogP contribution in [0.3, 0.4) is 0 Å². The molecule has 0 atom stereocenters. The number of hydrogen-bond donors (Lipinski definition) is 2. The van der Waals surface area contributed by atoms with Gasteiger partial charge in [-0.2, -0.15) is 0 Å². The van der Waals surface area contributed by atoms with Crippen LogP contribution in [0, 0.1) is 0 Å². The molecule has 0 aliphatic rings. The Morgan fingerprint density at radius 2 is 1.70 bits per heavy atom. The number of halogens is 2. The number of furan rings is 1. The summed E-state index contributed by atoms with van der Waals surface area (Å²) in [6, 6.07) is 14.2. The van der Waals surface area contributed by atoms with Gasteiger partial charge in [0.15, 0.2) is 0 Å². The molecule has 0 fully saturated rings. The van der Waals surface area contributed by atoms with Crippen LogP contribution in [-0.4, -0.2) is 30.6 Å². The molecule has 0 saturated heterocycles. The first-order valence-electron chi connectivity index (χ1n) is 9.79. The van der Waals surface area contributed by atoms with Crippen molar-refractivity contribution in [2.75, 3.05) is 11.9 Å². The molecule has 0 aliphatic carbocycles. The highest BCUT2D eigenvalue weighted by molar-refractivity contribution is 6.39. The van der Waals surface area contributed by atoms with E-state index in [-0.39, 0.29) is 13.2 Å². The number of benzene rings is 2. The Balaban J connectivity index is 1.50. The van der Waals surface area contributed by atoms with Crippen molar-refractivity contribution >= 4 is 58.6 Å². The Morgan fingerprint density at radius 1 is 1.00 bits per heavy atom. The highest BCUT2D eigenvalue weighted by atomic mass is 35.5. The van der Waals surface area contributed by atoms with Gasteiger partial charge in [0.25, 0.3) is 0 Å². The molecule has 1 heterocycles. The van der Waals surface area contributed by atoms with E-state index in [1.165, 1.54) is 30.5 Å². The van der Waals surface area contributed by atoms with Crippen LogP contribution in [0.2, 0.25) is 10.0 Å². The number of hydrogen-bond acceptors (Lipinski definition) is 6. The number of carbonyl (C=O) groups is 3. The molecule has 3 rings (SSSR count). The maximum absolute atomic E-state index is 12.1. The minimum atomic E-state index is -0.856. The molecule has 2 N–H and O–H groups in total. The third-order valence-electron chi connectivity index (χ3n) is 4.15. The van der Waals surface area contributed by atoms with Crippen molar-refractivity contribution in [2.45, 2.75) is 13.5 Å². The Labute approximate surface area is 199 Å². The Morgan fingerprint density at radius 3 is 2.36 bits per heavy atom. The van der Waals surface area contributed by atoms with Crippen LogP contribution in [0.4, 0.5) is 11.4 Å². The van der Waals surface area contributed by atoms with Crippen LogP contribution in [0.1, 0.15) is 28.8 Å². The summed E-state index contributed by atoms with van der Waals surface area (Å²) in [5.41, 5.74) is 1.27. The molecule has 2 aromatic carbocycles. The fourth-order valence-electron chi connectivity index (χ4n) is 2.65. The van der Waals surface area contributed by atoms with Gasteiger partial charge in [0.05, 0.1) is 30.6 Å². The number of aliphatic imine (C=N–C) groups is 1. The topological polar surface area (TPSA) is 110 Å². The average molecular weight is 488 g/mol. The maximum atomic E-state index is 12.1. The normalized spacial score (nSPS) is 10.8. The summed E-state index contributed by atoms with van der Waals surface area (Å²) in [7, 11) is 0. The van der Waals surface area contributed by atoms with Crippen LogP contribution in [0.25, 0.3) is 0 Å². The van der Waals surface area contributed by atoms with Gasteiger partial charge in [-0.05, 0) is 61.5 Å². The van der Waals surface area contributed by atoms with E-state index in [2.05, 4.69) is 15.6 Å². The lowest BCUT2D eigenvalue weighted by molar-refractivity contribution is -0.136. The van der Waals surface area contributed by atoms with Gasteiger partial charge in [-0.15, -0.1) is 0 Å². The minimum Gasteiger partial charge on any atom is -0.462 e. The van der Waals surface area contributed by atoms with E-state index < -0.39 is 17.8 Å². The number of esters is 1.